The van der Waals surface area contributed by atoms with Crippen molar-refractivity contribution in [3.8, 4) is 5.75 Å². The van der Waals surface area contributed by atoms with E-state index in [1.54, 1.807) is 7.11 Å². The molecular formula is C15H24ClNO. The van der Waals surface area contributed by atoms with Crippen LogP contribution in [0.5, 0.6) is 5.75 Å². The van der Waals surface area contributed by atoms with Crippen LogP contribution in [0.1, 0.15) is 45.7 Å². The molecule has 0 aliphatic carbocycles. The first-order chi connectivity index (χ1) is 8.04. The Labute approximate surface area is 115 Å². The number of methoxy groups -OCH3 is 1. The molecule has 1 rings (SSSR count). The van der Waals surface area contributed by atoms with Gasteiger partial charge >= 0.3 is 0 Å². The zero-order valence-electron chi connectivity index (χ0n) is 12.2. The van der Waals surface area contributed by atoms with Crippen molar-refractivity contribution in [3.63, 3.8) is 0 Å². The highest BCUT2D eigenvalue weighted by molar-refractivity contribution is 6.30. The second kappa shape index (κ2) is 5.10. The van der Waals surface area contributed by atoms with Crippen molar-refractivity contribution in [2.24, 2.45) is 5.73 Å². The lowest BCUT2D eigenvalue weighted by Crippen LogP contribution is -2.34. The average molecular weight is 270 g/mol. The molecule has 0 amide bonds. The quantitative estimate of drug-likeness (QED) is 0.903. The van der Waals surface area contributed by atoms with E-state index < -0.39 is 0 Å². The lowest BCUT2D eigenvalue weighted by atomic mass is 9.83. The van der Waals surface area contributed by atoms with Gasteiger partial charge in [-0.25, -0.2) is 0 Å². The van der Waals surface area contributed by atoms with Crippen molar-refractivity contribution in [1.29, 1.82) is 0 Å². The van der Waals surface area contributed by atoms with Gasteiger partial charge in [0, 0.05) is 16.1 Å². The monoisotopic (exact) mass is 269 g/mol. The van der Waals surface area contributed by atoms with E-state index in [1.807, 2.05) is 26.0 Å². The Morgan fingerprint density at radius 1 is 1.17 bits per heavy atom. The highest BCUT2D eigenvalue weighted by atomic mass is 35.5. The smallest absolute Gasteiger partial charge is 0.125 e. The van der Waals surface area contributed by atoms with Crippen LogP contribution in [0.3, 0.4) is 0 Å². The fraction of sp³-hybridized carbons (Fsp3) is 0.600. The van der Waals surface area contributed by atoms with Gasteiger partial charge in [-0.3, -0.25) is 0 Å². The lowest BCUT2D eigenvalue weighted by Gasteiger charge is -2.27. The molecule has 3 heteroatoms. The largest absolute Gasteiger partial charge is 0.496 e. The minimum absolute atomic E-state index is 0.0102. The van der Waals surface area contributed by atoms with Crippen molar-refractivity contribution in [1.82, 2.24) is 0 Å². The molecule has 0 saturated heterocycles. The summed E-state index contributed by atoms with van der Waals surface area (Å²) in [6.45, 7) is 10.5. The molecule has 0 fully saturated rings. The van der Waals surface area contributed by atoms with Crippen LogP contribution in [-0.2, 0) is 11.8 Å². The number of halogens is 1. The summed E-state index contributed by atoms with van der Waals surface area (Å²) >= 11 is 6.22. The number of hydrogen-bond acceptors (Lipinski definition) is 2. The van der Waals surface area contributed by atoms with E-state index in [-0.39, 0.29) is 11.0 Å². The van der Waals surface area contributed by atoms with Crippen LogP contribution in [0, 0.1) is 0 Å². The van der Waals surface area contributed by atoms with Gasteiger partial charge in [-0.05, 0) is 43.4 Å². The van der Waals surface area contributed by atoms with Gasteiger partial charge in [0.05, 0.1) is 7.11 Å². The van der Waals surface area contributed by atoms with Crippen LogP contribution in [0.25, 0.3) is 0 Å². The molecule has 1 aromatic rings. The van der Waals surface area contributed by atoms with E-state index in [0.717, 1.165) is 28.3 Å². The SMILES string of the molecule is COc1c(CC(C)(C)N)cc(Cl)cc1C(C)(C)C. The van der Waals surface area contributed by atoms with Gasteiger partial charge in [0.2, 0.25) is 0 Å². The number of benzene rings is 1. The zero-order chi connectivity index (χ0) is 14.1. The third kappa shape index (κ3) is 3.89. The van der Waals surface area contributed by atoms with Gasteiger partial charge in [-0.1, -0.05) is 32.4 Å². The molecule has 2 N–H and O–H groups in total. The fourth-order valence-corrected chi connectivity index (χ4v) is 2.31. The summed E-state index contributed by atoms with van der Waals surface area (Å²) in [5.74, 6) is 0.908. The molecule has 0 bridgehead atoms. The summed E-state index contributed by atoms with van der Waals surface area (Å²) in [6, 6.07) is 3.93. The minimum Gasteiger partial charge on any atom is -0.496 e. The van der Waals surface area contributed by atoms with E-state index in [0.29, 0.717) is 0 Å². The summed E-state index contributed by atoms with van der Waals surface area (Å²) in [4.78, 5) is 0. The van der Waals surface area contributed by atoms with Crippen molar-refractivity contribution in [3.05, 3.63) is 28.3 Å². The fourth-order valence-electron chi connectivity index (χ4n) is 2.07. The number of nitrogens with two attached hydrogens (primary N) is 1. The van der Waals surface area contributed by atoms with Crippen molar-refractivity contribution in [2.45, 2.75) is 52.0 Å². The third-order valence-electron chi connectivity index (χ3n) is 2.79. The Kier molecular flexibility index (Phi) is 4.34. The maximum absolute atomic E-state index is 6.22. The van der Waals surface area contributed by atoms with E-state index in [9.17, 15) is 0 Å². The van der Waals surface area contributed by atoms with Gasteiger partial charge in [-0.2, -0.15) is 0 Å². The number of ether oxygens (including phenoxy) is 1. The van der Waals surface area contributed by atoms with Gasteiger partial charge in [0.15, 0.2) is 0 Å². The first-order valence-corrected chi connectivity index (χ1v) is 6.58. The lowest BCUT2D eigenvalue weighted by molar-refractivity contribution is 0.386. The molecular weight excluding hydrogens is 246 g/mol. The Hall–Kier alpha value is -0.730. The van der Waals surface area contributed by atoms with Crippen LogP contribution >= 0.6 is 11.6 Å². The summed E-state index contributed by atoms with van der Waals surface area (Å²) in [5, 5.41) is 0.736. The predicted molar refractivity (Wildman–Crippen MR) is 78.7 cm³/mol. The van der Waals surface area contributed by atoms with Gasteiger partial charge in [0.1, 0.15) is 5.75 Å². The molecule has 1 aromatic carbocycles. The first-order valence-electron chi connectivity index (χ1n) is 6.20. The zero-order valence-corrected chi connectivity index (χ0v) is 13.0. The van der Waals surface area contributed by atoms with E-state index >= 15 is 0 Å². The van der Waals surface area contributed by atoms with Gasteiger partial charge in [0.25, 0.3) is 0 Å². The maximum atomic E-state index is 6.22. The van der Waals surface area contributed by atoms with Gasteiger partial charge in [-0.15, -0.1) is 0 Å². The summed E-state index contributed by atoms with van der Waals surface area (Å²) in [7, 11) is 1.70. The minimum atomic E-state index is -0.285. The molecule has 0 radical (unpaired) electrons. The van der Waals surface area contributed by atoms with Crippen LogP contribution in [0.2, 0.25) is 5.02 Å². The van der Waals surface area contributed by atoms with E-state index in [2.05, 4.69) is 20.8 Å². The molecule has 0 spiro atoms. The summed E-state index contributed by atoms with van der Waals surface area (Å²) in [6.07, 6.45) is 0.736. The molecule has 0 aliphatic heterocycles. The Morgan fingerprint density at radius 3 is 2.11 bits per heavy atom. The summed E-state index contributed by atoms with van der Waals surface area (Å²) < 4.78 is 5.59. The highest BCUT2D eigenvalue weighted by Crippen LogP contribution is 2.37. The van der Waals surface area contributed by atoms with Crippen LogP contribution in [0.4, 0.5) is 0 Å². The number of rotatable bonds is 3. The van der Waals surface area contributed by atoms with Gasteiger partial charge < -0.3 is 10.5 Å². The van der Waals surface area contributed by atoms with Crippen LogP contribution < -0.4 is 10.5 Å². The first kappa shape index (κ1) is 15.3. The van der Waals surface area contributed by atoms with E-state index in [4.69, 9.17) is 22.1 Å². The topological polar surface area (TPSA) is 35.2 Å². The molecule has 2 nitrogen and oxygen atoms in total. The molecule has 0 aromatic heterocycles. The molecule has 0 aliphatic rings. The number of hydrogen-bond donors (Lipinski definition) is 1. The Balaban J connectivity index is 3.39. The van der Waals surface area contributed by atoms with Crippen molar-refractivity contribution < 1.29 is 4.74 Å². The normalized spacial score (nSPS) is 12.7. The maximum Gasteiger partial charge on any atom is 0.125 e. The molecule has 0 saturated carbocycles. The molecule has 0 atom stereocenters. The van der Waals surface area contributed by atoms with E-state index in [1.165, 1.54) is 0 Å². The third-order valence-corrected chi connectivity index (χ3v) is 3.01. The second-order valence-corrected chi connectivity index (χ2v) is 7.00. The molecule has 0 unspecified atom stereocenters. The average Bonchev–Trinajstić information content (AvgIpc) is 2.12. The highest BCUT2D eigenvalue weighted by Gasteiger charge is 2.24. The summed E-state index contributed by atoms with van der Waals surface area (Å²) in [5.41, 5.74) is 8.00. The second-order valence-electron chi connectivity index (χ2n) is 6.56. The Bertz CT molecular complexity index is 427. The van der Waals surface area contributed by atoms with Crippen molar-refractivity contribution >= 4 is 11.6 Å². The van der Waals surface area contributed by atoms with Crippen LogP contribution in [-0.4, -0.2) is 12.6 Å². The standard InChI is InChI=1S/C15H24ClNO/c1-14(2,3)12-8-11(16)7-10(13(12)18-6)9-15(4,5)17/h7-8H,9,17H2,1-6H3. The molecule has 18 heavy (non-hydrogen) atoms. The Morgan fingerprint density at radius 2 is 1.72 bits per heavy atom. The molecule has 102 valence electrons. The van der Waals surface area contributed by atoms with Crippen molar-refractivity contribution in [2.75, 3.05) is 7.11 Å². The van der Waals surface area contributed by atoms with Crippen LogP contribution in [0.15, 0.2) is 12.1 Å². The molecule has 0 heterocycles. The predicted octanol–water partition coefficient (Wildman–Crippen LogP) is 3.93.